The summed E-state index contributed by atoms with van der Waals surface area (Å²) in [7, 11) is 0. The van der Waals surface area contributed by atoms with Crippen LogP contribution < -0.4 is 10.2 Å². The smallest absolute Gasteiger partial charge is 0.249 e. The molecular weight excluding hydrogens is 276 g/mol. The summed E-state index contributed by atoms with van der Waals surface area (Å²) in [6, 6.07) is 5.04. The summed E-state index contributed by atoms with van der Waals surface area (Å²) in [6.45, 7) is 6.12. The lowest BCUT2D eigenvalue weighted by Crippen LogP contribution is -2.48. The van der Waals surface area contributed by atoms with Crippen LogP contribution in [0.2, 0.25) is 5.02 Å². The van der Waals surface area contributed by atoms with Gasteiger partial charge in [-0.1, -0.05) is 37.6 Å². The van der Waals surface area contributed by atoms with Crippen molar-refractivity contribution < 1.29 is 9.59 Å². The van der Waals surface area contributed by atoms with Crippen molar-refractivity contribution in [2.45, 2.75) is 33.2 Å². The molecule has 2 rings (SSSR count). The van der Waals surface area contributed by atoms with Crippen molar-refractivity contribution in [1.29, 1.82) is 0 Å². The van der Waals surface area contributed by atoms with Gasteiger partial charge in [0.05, 0.1) is 10.7 Å². The number of carbonyl (C=O) groups is 2. The van der Waals surface area contributed by atoms with E-state index < -0.39 is 6.04 Å². The van der Waals surface area contributed by atoms with E-state index in [1.54, 1.807) is 11.0 Å². The molecule has 1 unspecified atom stereocenters. The second-order valence-electron chi connectivity index (χ2n) is 5.43. The molecule has 2 amide bonds. The molecule has 108 valence electrons. The first-order valence-electron chi connectivity index (χ1n) is 6.77. The van der Waals surface area contributed by atoms with Crippen LogP contribution >= 0.6 is 11.6 Å². The molecule has 1 aliphatic rings. The molecule has 0 bridgehead atoms. The number of amides is 2. The molecule has 0 radical (unpaired) electrons. The van der Waals surface area contributed by atoms with E-state index in [2.05, 4.69) is 5.32 Å². The summed E-state index contributed by atoms with van der Waals surface area (Å²) < 4.78 is 0. The average Bonchev–Trinajstić information content (AvgIpc) is 2.51. The molecule has 1 aliphatic heterocycles. The maximum Gasteiger partial charge on any atom is 0.249 e. The van der Waals surface area contributed by atoms with Crippen LogP contribution in [-0.4, -0.2) is 24.4 Å². The number of carbonyl (C=O) groups excluding carboxylic acids is 2. The molecule has 1 N–H and O–H groups in total. The van der Waals surface area contributed by atoms with Crippen molar-refractivity contribution in [2.75, 3.05) is 11.4 Å². The molecule has 1 saturated heterocycles. The van der Waals surface area contributed by atoms with Crippen molar-refractivity contribution in [3.8, 4) is 0 Å². The third-order valence-electron chi connectivity index (χ3n) is 3.54. The van der Waals surface area contributed by atoms with Crippen LogP contribution in [0.1, 0.15) is 25.8 Å². The quantitative estimate of drug-likeness (QED) is 0.911. The van der Waals surface area contributed by atoms with E-state index in [1.807, 2.05) is 32.9 Å². The van der Waals surface area contributed by atoms with Crippen molar-refractivity contribution in [3.05, 3.63) is 28.8 Å². The van der Waals surface area contributed by atoms with Gasteiger partial charge in [0.1, 0.15) is 6.04 Å². The molecule has 1 fully saturated rings. The molecule has 0 aromatic heterocycles. The van der Waals surface area contributed by atoms with Crippen LogP contribution in [0.5, 0.6) is 0 Å². The number of hydrogen-bond acceptors (Lipinski definition) is 2. The first kappa shape index (κ1) is 14.9. The molecule has 0 spiro atoms. The van der Waals surface area contributed by atoms with Gasteiger partial charge in [-0.2, -0.15) is 0 Å². The number of nitrogens with zero attached hydrogens (tertiary/aromatic N) is 1. The minimum Gasteiger partial charge on any atom is -0.344 e. The Morgan fingerprint density at radius 2 is 2.05 bits per heavy atom. The number of para-hydroxylation sites is 1. The maximum atomic E-state index is 12.7. The normalized spacial score (nSPS) is 20.1. The first-order chi connectivity index (χ1) is 9.41. The highest BCUT2D eigenvalue weighted by Crippen LogP contribution is 2.31. The fraction of sp³-hybridized carbons (Fsp3) is 0.467. The Hall–Kier alpha value is -1.55. The Morgan fingerprint density at radius 3 is 2.65 bits per heavy atom. The van der Waals surface area contributed by atoms with E-state index >= 15 is 0 Å². The number of anilines is 1. The van der Waals surface area contributed by atoms with Crippen molar-refractivity contribution in [1.82, 2.24) is 5.32 Å². The highest BCUT2D eigenvalue weighted by atomic mass is 35.5. The van der Waals surface area contributed by atoms with Gasteiger partial charge in [0, 0.05) is 13.0 Å². The SMILES string of the molecule is Cc1cccc(Cl)c1N1CCC(=O)NC(C(C)C)C1=O. The second-order valence-corrected chi connectivity index (χ2v) is 5.84. The Balaban J connectivity index is 2.44. The zero-order chi connectivity index (χ0) is 14.9. The number of halogens is 1. The number of nitrogens with one attached hydrogen (secondary N) is 1. The van der Waals surface area contributed by atoms with Gasteiger partial charge < -0.3 is 10.2 Å². The lowest BCUT2D eigenvalue weighted by atomic mass is 10.0. The van der Waals surface area contributed by atoms with Crippen LogP contribution in [0.3, 0.4) is 0 Å². The van der Waals surface area contributed by atoms with Gasteiger partial charge in [-0.25, -0.2) is 0 Å². The molecule has 1 heterocycles. The Bertz CT molecular complexity index is 522. The number of hydrogen-bond donors (Lipinski definition) is 1. The van der Waals surface area contributed by atoms with Crippen LogP contribution in [0.25, 0.3) is 0 Å². The predicted octanol–water partition coefficient (Wildman–Crippen LogP) is 2.53. The Labute approximate surface area is 124 Å². The highest BCUT2D eigenvalue weighted by molar-refractivity contribution is 6.34. The van der Waals surface area contributed by atoms with Crippen molar-refractivity contribution in [2.24, 2.45) is 5.92 Å². The van der Waals surface area contributed by atoms with E-state index in [-0.39, 0.29) is 17.7 Å². The van der Waals surface area contributed by atoms with E-state index in [0.29, 0.717) is 23.7 Å². The van der Waals surface area contributed by atoms with Crippen LogP contribution in [0.4, 0.5) is 5.69 Å². The maximum absolute atomic E-state index is 12.7. The Kier molecular flexibility index (Phi) is 4.33. The summed E-state index contributed by atoms with van der Waals surface area (Å²) >= 11 is 6.25. The molecule has 0 saturated carbocycles. The predicted molar refractivity (Wildman–Crippen MR) is 79.9 cm³/mol. The summed E-state index contributed by atoms with van der Waals surface area (Å²) in [4.78, 5) is 26.1. The summed E-state index contributed by atoms with van der Waals surface area (Å²) in [5, 5.41) is 3.33. The van der Waals surface area contributed by atoms with Crippen LogP contribution in [0.15, 0.2) is 18.2 Å². The summed E-state index contributed by atoms with van der Waals surface area (Å²) in [5.41, 5.74) is 1.64. The number of rotatable bonds is 2. The molecular formula is C15H19ClN2O2. The van der Waals surface area contributed by atoms with Crippen molar-refractivity contribution in [3.63, 3.8) is 0 Å². The number of benzene rings is 1. The lowest BCUT2D eigenvalue weighted by Gasteiger charge is -2.28. The largest absolute Gasteiger partial charge is 0.344 e. The summed E-state index contributed by atoms with van der Waals surface area (Å²) in [6.07, 6.45) is 0.291. The molecule has 4 nitrogen and oxygen atoms in total. The topological polar surface area (TPSA) is 49.4 Å². The molecule has 20 heavy (non-hydrogen) atoms. The van der Waals surface area contributed by atoms with Gasteiger partial charge >= 0.3 is 0 Å². The second kappa shape index (κ2) is 5.83. The minimum atomic E-state index is -0.499. The van der Waals surface area contributed by atoms with Gasteiger partial charge in [-0.15, -0.1) is 0 Å². The molecule has 0 aliphatic carbocycles. The van der Waals surface area contributed by atoms with Gasteiger partial charge in [0.25, 0.3) is 0 Å². The van der Waals surface area contributed by atoms with Gasteiger partial charge in [-0.05, 0) is 24.5 Å². The Morgan fingerprint density at radius 1 is 1.35 bits per heavy atom. The monoisotopic (exact) mass is 294 g/mol. The third-order valence-corrected chi connectivity index (χ3v) is 3.84. The van der Waals surface area contributed by atoms with E-state index in [1.165, 1.54) is 0 Å². The molecule has 1 aromatic rings. The van der Waals surface area contributed by atoms with E-state index in [0.717, 1.165) is 5.56 Å². The van der Waals surface area contributed by atoms with E-state index in [4.69, 9.17) is 11.6 Å². The summed E-state index contributed by atoms with van der Waals surface area (Å²) in [5.74, 6) is -0.152. The van der Waals surface area contributed by atoms with Crippen LogP contribution in [0, 0.1) is 12.8 Å². The fourth-order valence-electron chi connectivity index (χ4n) is 2.44. The van der Waals surface area contributed by atoms with E-state index in [9.17, 15) is 9.59 Å². The molecule has 1 aromatic carbocycles. The molecule has 5 heteroatoms. The first-order valence-corrected chi connectivity index (χ1v) is 7.15. The zero-order valence-electron chi connectivity index (χ0n) is 11.9. The van der Waals surface area contributed by atoms with Gasteiger partial charge in [0.2, 0.25) is 11.8 Å². The minimum absolute atomic E-state index is 0.0369. The highest BCUT2D eigenvalue weighted by Gasteiger charge is 2.33. The number of aryl methyl sites for hydroxylation is 1. The fourth-order valence-corrected chi connectivity index (χ4v) is 2.76. The lowest BCUT2D eigenvalue weighted by molar-refractivity contribution is -0.126. The standard InChI is InChI=1S/C15H19ClN2O2/c1-9(2)13-15(20)18(8-7-12(19)17-13)14-10(3)5-4-6-11(14)16/h4-6,9,13H,7-8H2,1-3H3,(H,17,19). The van der Waals surface area contributed by atoms with Crippen LogP contribution in [-0.2, 0) is 9.59 Å². The van der Waals surface area contributed by atoms with Crippen molar-refractivity contribution >= 4 is 29.1 Å². The third kappa shape index (κ3) is 2.80. The molecule has 1 atom stereocenters. The zero-order valence-corrected chi connectivity index (χ0v) is 12.7. The average molecular weight is 295 g/mol. The van der Waals surface area contributed by atoms with Gasteiger partial charge in [0.15, 0.2) is 0 Å². The van der Waals surface area contributed by atoms with Gasteiger partial charge in [-0.3, -0.25) is 9.59 Å².